The third kappa shape index (κ3) is 3.85. The molecule has 0 bridgehead atoms. The molecule has 172 valence electrons. The van der Waals surface area contributed by atoms with Crippen molar-refractivity contribution in [2.24, 2.45) is 11.7 Å². The summed E-state index contributed by atoms with van der Waals surface area (Å²) in [6.45, 7) is 1.86. The number of nitrogens with zero attached hydrogens (tertiary/aromatic N) is 1. The summed E-state index contributed by atoms with van der Waals surface area (Å²) in [5.41, 5.74) is 1.64. The third-order valence-corrected chi connectivity index (χ3v) is 5.67. The maximum Gasteiger partial charge on any atom is 0.417 e. The number of rotatable bonds is 4. The molecule has 0 unspecified atom stereocenters. The van der Waals surface area contributed by atoms with Crippen molar-refractivity contribution in [2.75, 3.05) is 5.32 Å². The van der Waals surface area contributed by atoms with E-state index >= 15 is 0 Å². The first-order chi connectivity index (χ1) is 14.8. The number of aromatic nitrogens is 1. The van der Waals surface area contributed by atoms with E-state index in [1.807, 2.05) is 0 Å². The second-order valence-electron chi connectivity index (χ2n) is 7.54. The van der Waals surface area contributed by atoms with Gasteiger partial charge in [-0.05, 0) is 25.1 Å². The summed E-state index contributed by atoms with van der Waals surface area (Å²) in [5.74, 6) is -9.22. The quantitative estimate of drug-likeness (QED) is 0.608. The number of aromatic hydroxyl groups is 1. The van der Waals surface area contributed by atoms with E-state index in [0.29, 0.717) is 6.07 Å². The van der Waals surface area contributed by atoms with Gasteiger partial charge in [-0.15, -0.1) is 0 Å². The van der Waals surface area contributed by atoms with Crippen LogP contribution >= 0.6 is 0 Å². The molecule has 4 atom stereocenters. The van der Waals surface area contributed by atoms with Gasteiger partial charge >= 0.3 is 6.18 Å². The molecular weight excluding hydrogens is 441 g/mol. The van der Waals surface area contributed by atoms with Crippen LogP contribution in [0.2, 0.25) is 0 Å². The van der Waals surface area contributed by atoms with Crippen LogP contribution in [0.4, 0.5) is 27.6 Å². The maximum atomic E-state index is 14.0. The molecule has 1 fully saturated rings. The van der Waals surface area contributed by atoms with Crippen molar-refractivity contribution < 1.29 is 41.4 Å². The number of nitrogens with one attached hydrogen (secondary N) is 1. The Bertz CT molecular complexity index is 1080. The van der Waals surface area contributed by atoms with Crippen LogP contribution in [0.25, 0.3) is 0 Å². The number of phenols is 1. The highest BCUT2D eigenvalue weighted by Crippen LogP contribution is 2.54. The van der Waals surface area contributed by atoms with Crippen LogP contribution in [0.15, 0.2) is 30.5 Å². The molecule has 1 aromatic heterocycles. The summed E-state index contributed by atoms with van der Waals surface area (Å²) >= 11 is 0. The second kappa shape index (κ2) is 8.01. The smallest absolute Gasteiger partial charge is 0.417 e. The predicted octanol–water partition coefficient (Wildman–Crippen LogP) is 3.24. The van der Waals surface area contributed by atoms with Crippen molar-refractivity contribution in [3.63, 3.8) is 0 Å². The molecule has 2 heterocycles. The van der Waals surface area contributed by atoms with Crippen molar-refractivity contribution in [1.29, 1.82) is 0 Å². The van der Waals surface area contributed by atoms with Gasteiger partial charge in [0.15, 0.2) is 17.2 Å². The van der Waals surface area contributed by atoms with E-state index in [9.17, 15) is 36.6 Å². The van der Waals surface area contributed by atoms with E-state index in [2.05, 4.69) is 10.3 Å². The number of benzene rings is 1. The lowest BCUT2D eigenvalue weighted by Crippen LogP contribution is -2.47. The van der Waals surface area contributed by atoms with Crippen LogP contribution in [0.3, 0.4) is 0 Å². The zero-order chi connectivity index (χ0) is 24.0. The molecule has 0 saturated carbocycles. The zero-order valence-electron chi connectivity index (χ0n) is 16.7. The van der Waals surface area contributed by atoms with E-state index in [0.717, 1.165) is 32.2 Å². The Hall–Kier alpha value is -3.28. The normalized spacial score (nSPS) is 25.5. The Kier molecular flexibility index (Phi) is 5.85. The number of ether oxygens (including phenoxy) is 1. The molecule has 7 nitrogen and oxygen atoms in total. The minimum atomic E-state index is -4.93. The fraction of sp³-hybridized carbons (Fsp3) is 0.350. The Morgan fingerprint density at radius 3 is 2.50 bits per heavy atom. The Morgan fingerprint density at radius 1 is 1.25 bits per heavy atom. The standard InChI is InChI=1S/C20H18F5N3O4/c1-8-13(10-3-4-11(21)14(22)15(10)29)16(32-19(8,2)20(23,24)25)18(31)28-9-5-6-27-12(7-9)17(26)30/h3-8,13,16,29H,1-2H3,(H2,26,30)(H,27,28,31)/t8-,13-,16+,19+/m1/s1. The number of phenolic OH excluding ortho intramolecular Hbond substituents is 1. The number of carbonyl (C=O) groups excluding carboxylic acids is 2. The number of alkyl halides is 3. The lowest BCUT2D eigenvalue weighted by atomic mass is 9.77. The number of anilines is 1. The van der Waals surface area contributed by atoms with Gasteiger partial charge in [0, 0.05) is 29.3 Å². The maximum absolute atomic E-state index is 14.0. The molecule has 32 heavy (non-hydrogen) atoms. The van der Waals surface area contributed by atoms with Gasteiger partial charge < -0.3 is 20.9 Å². The summed E-state index contributed by atoms with van der Waals surface area (Å²) in [7, 11) is 0. The van der Waals surface area contributed by atoms with Gasteiger partial charge in [0.1, 0.15) is 11.8 Å². The Morgan fingerprint density at radius 2 is 1.91 bits per heavy atom. The summed E-state index contributed by atoms with van der Waals surface area (Å²) in [4.78, 5) is 27.9. The topological polar surface area (TPSA) is 115 Å². The fourth-order valence-corrected chi connectivity index (χ4v) is 3.70. The number of hydrogen-bond acceptors (Lipinski definition) is 5. The molecule has 12 heteroatoms. The fourth-order valence-electron chi connectivity index (χ4n) is 3.70. The number of hydrogen-bond donors (Lipinski definition) is 3. The third-order valence-electron chi connectivity index (χ3n) is 5.67. The van der Waals surface area contributed by atoms with E-state index in [1.165, 1.54) is 6.07 Å². The molecular formula is C20H18F5N3O4. The minimum absolute atomic E-state index is 0.0103. The lowest BCUT2D eigenvalue weighted by Gasteiger charge is -2.31. The number of carbonyl (C=O) groups is 2. The second-order valence-corrected chi connectivity index (χ2v) is 7.54. The van der Waals surface area contributed by atoms with Crippen molar-refractivity contribution in [1.82, 2.24) is 4.98 Å². The SMILES string of the molecule is C[C@@H]1[C@H](c2ccc(F)c(F)c2O)[C@@H](C(=O)Nc2ccnc(C(N)=O)c2)O[C@]1(C)C(F)(F)F. The highest BCUT2D eigenvalue weighted by atomic mass is 19.4. The number of pyridine rings is 1. The first-order valence-electron chi connectivity index (χ1n) is 9.26. The van der Waals surface area contributed by atoms with Crippen molar-refractivity contribution in [3.05, 3.63) is 53.4 Å². The van der Waals surface area contributed by atoms with Gasteiger partial charge in [0.25, 0.3) is 11.8 Å². The van der Waals surface area contributed by atoms with E-state index in [1.54, 1.807) is 0 Å². The van der Waals surface area contributed by atoms with E-state index < -0.39 is 64.5 Å². The van der Waals surface area contributed by atoms with Crippen LogP contribution < -0.4 is 11.1 Å². The Labute approximate surface area is 178 Å². The summed E-state index contributed by atoms with van der Waals surface area (Å²) < 4.78 is 74.0. The first-order valence-corrected chi connectivity index (χ1v) is 9.26. The molecule has 0 aliphatic carbocycles. The predicted molar refractivity (Wildman–Crippen MR) is 101 cm³/mol. The highest BCUT2D eigenvalue weighted by Gasteiger charge is 2.65. The number of nitrogens with two attached hydrogens (primary N) is 1. The van der Waals surface area contributed by atoms with Crippen LogP contribution in [0, 0.1) is 17.6 Å². The number of halogens is 5. The zero-order valence-corrected chi connectivity index (χ0v) is 16.7. The molecule has 0 radical (unpaired) electrons. The molecule has 2 amide bonds. The number of primary amides is 1. The van der Waals surface area contributed by atoms with Crippen molar-refractivity contribution in [2.45, 2.75) is 37.6 Å². The lowest BCUT2D eigenvalue weighted by molar-refractivity contribution is -0.272. The van der Waals surface area contributed by atoms with Crippen LogP contribution in [-0.4, -0.2) is 39.8 Å². The number of amides is 2. The summed E-state index contributed by atoms with van der Waals surface area (Å²) in [6.07, 6.45) is -5.63. The van der Waals surface area contributed by atoms with Crippen molar-refractivity contribution in [3.8, 4) is 5.75 Å². The van der Waals surface area contributed by atoms with Crippen LogP contribution in [0.1, 0.15) is 35.8 Å². The highest BCUT2D eigenvalue weighted by molar-refractivity contribution is 5.97. The van der Waals surface area contributed by atoms with Crippen molar-refractivity contribution >= 4 is 17.5 Å². The average Bonchev–Trinajstić information content (AvgIpc) is 2.99. The molecule has 1 aliphatic rings. The minimum Gasteiger partial charge on any atom is -0.505 e. The molecule has 2 aromatic rings. The molecule has 3 rings (SSSR count). The molecule has 1 aliphatic heterocycles. The summed E-state index contributed by atoms with van der Waals surface area (Å²) in [6, 6.07) is 3.90. The monoisotopic (exact) mass is 459 g/mol. The average molecular weight is 459 g/mol. The van der Waals surface area contributed by atoms with E-state index in [-0.39, 0.29) is 11.4 Å². The molecule has 4 N–H and O–H groups in total. The largest absolute Gasteiger partial charge is 0.505 e. The van der Waals surface area contributed by atoms with Gasteiger partial charge in [-0.2, -0.15) is 17.6 Å². The van der Waals surface area contributed by atoms with E-state index in [4.69, 9.17) is 10.5 Å². The van der Waals surface area contributed by atoms with Gasteiger partial charge in [-0.25, -0.2) is 4.39 Å². The molecule has 1 saturated heterocycles. The Balaban J connectivity index is 2.05. The van der Waals surface area contributed by atoms with Gasteiger partial charge in [0.05, 0.1) is 0 Å². The first kappa shape index (κ1) is 23.4. The molecule has 1 aromatic carbocycles. The van der Waals surface area contributed by atoms with Crippen LogP contribution in [0.5, 0.6) is 5.75 Å². The van der Waals surface area contributed by atoms with Crippen LogP contribution in [-0.2, 0) is 9.53 Å². The van der Waals surface area contributed by atoms with Gasteiger partial charge in [-0.1, -0.05) is 13.0 Å². The van der Waals surface area contributed by atoms with Gasteiger partial charge in [-0.3, -0.25) is 14.6 Å². The molecule has 0 spiro atoms. The summed E-state index contributed by atoms with van der Waals surface area (Å²) in [5, 5.41) is 12.4. The van der Waals surface area contributed by atoms with Gasteiger partial charge in [0.2, 0.25) is 5.82 Å².